The summed E-state index contributed by atoms with van der Waals surface area (Å²) in [7, 11) is 0. The number of anilines is 1. The van der Waals surface area contributed by atoms with Crippen molar-refractivity contribution in [3.63, 3.8) is 0 Å². The summed E-state index contributed by atoms with van der Waals surface area (Å²) in [5.74, 6) is -0.327. The molecule has 0 fully saturated rings. The molecule has 2 N–H and O–H groups in total. The van der Waals surface area contributed by atoms with E-state index in [2.05, 4.69) is 20.8 Å². The van der Waals surface area contributed by atoms with Crippen molar-refractivity contribution in [3.05, 3.63) is 69.5 Å². The Labute approximate surface area is 235 Å². The van der Waals surface area contributed by atoms with Crippen LogP contribution in [0.3, 0.4) is 0 Å². The molecule has 1 aromatic heterocycles. The summed E-state index contributed by atoms with van der Waals surface area (Å²) in [5.41, 5.74) is 1.28. The second-order valence-corrected chi connectivity index (χ2v) is 10.3. The first kappa shape index (κ1) is 29.5. The number of hydrogen-bond acceptors (Lipinski definition) is 7. The van der Waals surface area contributed by atoms with Crippen LogP contribution in [-0.4, -0.2) is 44.9 Å². The number of amides is 2. The van der Waals surface area contributed by atoms with Crippen molar-refractivity contribution in [2.45, 2.75) is 45.4 Å². The van der Waals surface area contributed by atoms with Gasteiger partial charge in [0.05, 0.1) is 34.6 Å². The Kier molecular flexibility index (Phi) is 10.6. The van der Waals surface area contributed by atoms with Crippen LogP contribution in [0.15, 0.2) is 47.6 Å². The van der Waals surface area contributed by atoms with Gasteiger partial charge in [-0.1, -0.05) is 48.8 Å². The molecule has 9 nitrogen and oxygen atoms in total. The lowest BCUT2D eigenvalue weighted by atomic mass is 10.0. The molecule has 12 heteroatoms. The molecule has 0 aliphatic heterocycles. The topological polar surface area (TPSA) is 115 Å². The van der Waals surface area contributed by atoms with Gasteiger partial charge in [-0.2, -0.15) is 0 Å². The average Bonchev–Trinajstić information content (AvgIpc) is 3.28. The average molecular weight is 579 g/mol. The van der Waals surface area contributed by atoms with Crippen LogP contribution < -0.4 is 10.6 Å². The zero-order chi connectivity index (χ0) is 27.8. The van der Waals surface area contributed by atoms with Crippen LogP contribution in [0.1, 0.15) is 60.3 Å². The molecule has 38 heavy (non-hydrogen) atoms. The van der Waals surface area contributed by atoms with E-state index < -0.39 is 12.0 Å². The minimum Gasteiger partial charge on any atom is -0.462 e. The first-order valence-corrected chi connectivity index (χ1v) is 13.8. The molecule has 1 unspecified atom stereocenters. The van der Waals surface area contributed by atoms with Gasteiger partial charge >= 0.3 is 5.97 Å². The molecule has 3 aromatic rings. The van der Waals surface area contributed by atoms with E-state index in [4.69, 9.17) is 27.9 Å². The third-order valence-corrected chi connectivity index (χ3v) is 7.00. The third kappa shape index (κ3) is 7.49. The van der Waals surface area contributed by atoms with Crippen molar-refractivity contribution in [3.8, 4) is 0 Å². The summed E-state index contributed by atoms with van der Waals surface area (Å²) in [6.45, 7) is 8.45. The van der Waals surface area contributed by atoms with Crippen molar-refractivity contribution in [1.82, 2.24) is 20.1 Å². The largest absolute Gasteiger partial charge is 0.462 e. The second-order valence-electron chi connectivity index (χ2n) is 8.54. The van der Waals surface area contributed by atoms with E-state index in [1.54, 1.807) is 43.3 Å². The molecule has 3 rings (SSSR count). The molecular formula is C26H29Cl2N5O4S. The highest BCUT2D eigenvalue weighted by atomic mass is 35.5. The number of ether oxygens (including phenoxy) is 1. The van der Waals surface area contributed by atoms with Gasteiger partial charge in [-0.25, -0.2) is 4.79 Å². The first-order valence-electron chi connectivity index (χ1n) is 12.0. The quantitative estimate of drug-likeness (QED) is 0.224. The highest BCUT2D eigenvalue weighted by molar-refractivity contribution is 7.99. The predicted molar refractivity (Wildman–Crippen MR) is 149 cm³/mol. The maximum Gasteiger partial charge on any atom is 0.338 e. The Morgan fingerprint density at radius 1 is 1.05 bits per heavy atom. The lowest BCUT2D eigenvalue weighted by Gasteiger charge is -2.22. The highest BCUT2D eigenvalue weighted by Gasteiger charge is 2.27. The fraction of sp³-hybridized carbons (Fsp3) is 0.346. The van der Waals surface area contributed by atoms with Gasteiger partial charge in [0.2, 0.25) is 5.91 Å². The van der Waals surface area contributed by atoms with Crippen LogP contribution >= 0.6 is 35.0 Å². The number of aromatic nitrogens is 3. The molecule has 2 amide bonds. The molecular weight excluding hydrogens is 549 g/mol. The Balaban J connectivity index is 1.67. The Bertz CT molecular complexity index is 1300. The smallest absolute Gasteiger partial charge is 0.338 e. The molecule has 0 saturated carbocycles. The van der Waals surface area contributed by atoms with Crippen LogP contribution in [0.25, 0.3) is 0 Å². The summed E-state index contributed by atoms with van der Waals surface area (Å²) in [6, 6.07) is 10.7. The Morgan fingerprint density at radius 3 is 2.37 bits per heavy atom. The van der Waals surface area contributed by atoms with E-state index in [1.807, 2.05) is 25.3 Å². The normalized spacial score (nSPS) is 11.8. The molecule has 1 atom stereocenters. The van der Waals surface area contributed by atoms with E-state index in [0.717, 1.165) is 0 Å². The van der Waals surface area contributed by atoms with Crippen molar-refractivity contribution in [2.75, 3.05) is 17.7 Å². The van der Waals surface area contributed by atoms with Crippen LogP contribution in [0.4, 0.5) is 5.69 Å². The van der Waals surface area contributed by atoms with Gasteiger partial charge in [0.25, 0.3) is 5.91 Å². The van der Waals surface area contributed by atoms with Crippen LogP contribution in [0.2, 0.25) is 10.0 Å². The highest BCUT2D eigenvalue weighted by Crippen LogP contribution is 2.27. The lowest BCUT2D eigenvalue weighted by Crippen LogP contribution is -2.34. The number of benzene rings is 2. The van der Waals surface area contributed by atoms with E-state index >= 15 is 0 Å². The molecule has 0 aliphatic rings. The standard InChI is InChI=1S/C26H29Cl2N5O4S/c1-5-33-23(22(15(3)4)30-24(35)19-12-9-17(27)13-20(19)28)31-32-26(33)38-14-21(34)29-18-10-7-16(8-11-18)25(36)37-6-2/h7-13,15,22H,5-6,14H2,1-4H3,(H,29,34)(H,30,35). The fourth-order valence-corrected chi connectivity index (χ4v) is 4.89. The second kappa shape index (κ2) is 13.6. The third-order valence-electron chi connectivity index (χ3n) is 5.48. The number of nitrogens with zero attached hydrogens (tertiary/aromatic N) is 3. The predicted octanol–water partition coefficient (Wildman–Crippen LogP) is 5.64. The van der Waals surface area contributed by atoms with E-state index in [0.29, 0.717) is 46.0 Å². The molecule has 0 saturated heterocycles. The molecule has 1 heterocycles. The van der Waals surface area contributed by atoms with Crippen LogP contribution in [-0.2, 0) is 16.1 Å². The fourth-order valence-electron chi connectivity index (χ4n) is 3.59. The molecule has 2 aromatic carbocycles. The summed E-state index contributed by atoms with van der Waals surface area (Å²) in [4.78, 5) is 37.3. The van der Waals surface area contributed by atoms with Crippen LogP contribution in [0, 0.1) is 5.92 Å². The van der Waals surface area contributed by atoms with Crippen molar-refractivity contribution in [1.29, 1.82) is 0 Å². The summed E-state index contributed by atoms with van der Waals surface area (Å²) in [6.07, 6.45) is 0. The minimum atomic E-state index is -0.442. The van der Waals surface area contributed by atoms with Gasteiger partial charge in [-0.3, -0.25) is 9.59 Å². The first-order chi connectivity index (χ1) is 18.1. The van der Waals surface area contributed by atoms with Gasteiger partial charge in [-0.05, 0) is 62.2 Å². The van der Waals surface area contributed by atoms with E-state index in [9.17, 15) is 14.4 Å². The van der Waals surface area contributed by atoms with Gasteiger partial charge < -0.3 is 19.9 Å². The number of hydrogen-bond donors (Lipinski definition) is 2. The van der Waals surface area contributed by atoms with Gasteiger partial charge in [0.1, 0.15) is 0 Å². The van der Waals surface area contributed by atoms with Crippen molar-refractivity contribution < 1.29 is 19.1 Å². The Morgan fingerprint density at radius 2 is 1.76 bits per heavy atom. The maximum absolute atomic E-state index is 13.0. The summed E-state index contributed by atoms with van der Waals surface area (Å²) >= 11 is 13.4. The number of thioether (sulfide) groups is 1. The SMILES string of the molecule is CCOC(=O)c1ccc(NC(=O)CSc2nnc(C(NC(=O)c3ccc(Cl)cc3Cl)C(C)C)n2CC)cc1. The number of carbonyl (C=O) groups is 3. The zero-order valence-corrected chi connectivity index (χ0v) is 23.8. The lowest BCUT2D eigenvalue weighted by molar-refractivity contribution is -0.113. The molecule has 0 radical (unpaired) electrons. The Hall–Kier alpha value is -3.08. The van der Waals surface area contributed by atoms with E-state index in [-0.39, 0.29) is 28.5 Å². The maximum atomic E-state index is 13.0. The number of carbonyl (C=O) groups excluding carboxylic acids is 3. The number of nitrogens with one attached hydrogen (secondary N) is 2. The number of halogens is 2. The molecule has 0 spiro atoms. The monoisotopic (exact) mass is 577 g/mol. The molecule has 0 aliphatic carbocycles. The number of esters is 1. The van der Waals surface area contributed by atoms with Gasteiger partial charge in [0.15, 0.2) is 11.0 Å². The van der Waals surface area contributed by atoms with Crippen LogP contribution in [0.5, 0.6) is 0 Å². The summed E-state index contributed by atoms with van der Waals surface area (Å²) < 4.78 is 6.84. The van der Waals surface area contributed by atoms with Gasteiger partial charge in [0, 0.05) is 17.3 Å². The zero-order valence-electron chi connectivity index (χ0n) is 21.5. The van der Waals surface area contributed by atoms with E-state index in [1.165, 1.54) is 17.8 Å². The summed E-state index contributed by atoms with van der Waals surface area (Å²) in [5, 5.41) is 15.7. The molecule has 202 valence electrons. The minimum absolute atomic E-state index is 0.00162. The van der Waals surface area contributed by atoms with Gasteiger partial charge in [-0.15, -0.1) is 10.2 Å². The molecule has 0 bridgehead atoms. The number of rotatable bonds is 11. The van der Waals surface area contributed by atoms with Crippen molar-refractivity contribution >= 4 is 58.4 Å². The van der Waals surface area contributed by atoms with Crippen molar-refractivity contribution in [2.24, 2.45) is 5.92 Å².